The lowest BCUT2D eigenvalue weighted by molar-refractivity contribution is -0.128. The second kappa shape index (κ2) is 5.93. The monoisotopic (exact) mass is 265 g/mol. The fourth-order valence-electron chi connectivity index (χ4n) is 2.19. The largest absolute Gasteiger partial charge is 0.508 e. The lowest BCUT2D eigenvalue weighted by atomic mass is 10.2. The molecule has 0 bridgehead atoms. The highest BCUT2D eigenvalue weighted by molar-refractivity contribution is 5.81. The molecule has 0 spiro atoms. The Balaban J connectivity index is 1.86. The number of aromatic hydroxyl groups is 1. The van der Waals surface area contributed by atoms with Gasteiger partial charge in [0.2, 0.25) is 0 Å². The first-order chi connectivity index (χ1) is 9.06. The van der Waals surface area contributed by atoms with Gasteiger partial charge in [0, 0.05) is 0 Å². The number of phenols is 1. The molecule has 1 amide bonds. The van der Waals surface area contributed by atoms with E-state index in [-0.39, 0.29) is 17.7 Å². The van der Waals surface area contributed by atoms with E-state index >= 15 is 0 Å². The second-order valence-electron chi connectivity index (χ2n) is 4.87. The number of hydrogen-bond donors (Lipinski definition) is 3. The SMILES string of the molecule is CC(Oc1ccc(O)cc1)C(=O)NC1CCCC1O. The maximum absolute atomic E-state index is 11.9. The van der Waals surface area contributed by atoms with Gasteiger partial charge in [-0.2, -0.15) is 0 Å². The van der Waals surface area contributed by atoms with E-state index in [2.05, 4.69) is 5.32 Å². The summed E-state index contributed by atoms with van der Waals surface area (Å²) >= 11 is 0. The molecule has 1 saturated carbocycles. The molecule has 3 N–H and O–H groups in total. The average molecular weight is 265 g/mol. The quantitative estimate of drug-likeness (QED) is 0.764. The van der Waals surface area contributed by atoms with Gasteiger partial charge in [0.15, 0.2) is 6.10 Å². The Labute approximate surface area is 112 Å². The smallest absolute Gasteiger partial charge is 0.261 e. The number of amides is 1. The minimum atomic E-state index is -0.641. The van der Waals surface area contributed by atoms with Crippen molar-refractivity contribution in [1.29, 1.82) is 0 Å². The summed E-state index contributed by atoms with van der Waals surface area (Å²) in [6.45, 7) is 1.66. The molecule has 1 aromatic rings. The van der Waals surface area contributed by atoms with Crippen molar-refractivity contribution in [1.82, 2.24) is 5.32 Å². The standard InChI is InChI=1S/C14H19NO4/c1-9(19-11-7-5-10(16)6-8-11)14(18)15-12-3-2-4-13(12)17/h5-9,12-13,16-17H,2-4H2,1H3,(H,15,18). The predicted octanol–water partition coefficient (Wildman–Crippen LogP) is 1.19. The number of aliphatic hydroxyl groups is 1. The van der Waals surface area contributed by atoms with Crippen LogP contribution in [0.3, 0.4) is 0 Å². The molecule has 19 heavy (non-hydrogen) atoms. The Kier molecular flexibility index (Phi) is 4.27. The molecule has 2 rings (SSSR count). The van der Waals surface area contributed by atoms with Crippen LogP contribution in [0.15, 0.2) is 24.3 Å². The predicted molar refractivity (Wildman–Crippen MR) is 70.0 cm³/mol. The molecule has 3 unspecified atom stereocenters. The Bertz CT molecular complexity index is 432. The lowest BCUT2D eigenvalue weighted by Crippen LogP contribution is -2.45. The molecule has 5 nitrogen and oxygen atoms in total. The summed E-state index contributed by atoms with van der Waals surface area (Å²) in [5.74, 6) is 0.435. The Hall–Kier alpha value is -1.75. The number of aliphatic hydroxyl groups excluding tert-OH is 1. The number of carbonyl (C=O) groups is 1. The summed E-state index contributed by atoms with van der Waals surface area (Å²) in [7, 11) is 0. The molecule has 3 atom stereocenters. The minimum Gasteiger partial charge on any atom is -0.508 e. The highest BCUT2D eigenvalue weighted by Gasteiger charge is 2.28. The molecule has 0 radical (unpaired) electrons. The molecule has 1 fully saturated rings. The van der Waals surface area contributed by atoms with Crippen LogP contribution in [0.1, 0.15) is 26.2 Å². The van der Waals surface area contributed by atoms with Crippen molar-refractivity contribution in [2.24, 2.45) is 0 Å². The molecule has 0 aliphatic heterocycles. The Morgan fingerprint density at radius 3 is 2.63 bits per heavy atom. The van der Waals surface area contributed by atoms with E-state index in [1.54, 1.807) is 19.1 Å². The van der Waals surface area contributed by atoms with Gasteiger partial charge in [0.25, 0.3) is 5.91 Å². The van der Waals surface area contributed by atoms with Crippen LogP contribution in [0.4, 0.5) is 0 Å². The van der Waals surface area contributed by atoms with Crippen LogP contribution in [-0.2, 0) is 4.79 Å². The van der Waals surface area contributed by atoms with E-state index in [4.69, 9.17) is 9.84 Å². The second-order valence-corrected chi connectivity index (χ2v) is 4.87. The highest BCUT2D eigenvalue weighted by atomic mass is 16.5. The minimum absolute atomic E-state index is 0.151. The van der Waals surface area contributed by atoms with Gasteiger partial charge in [-0.1, -0.05) is 0 Å². The Morgan fingerprint density at radius 2 is 2.05 bits per heavy atom. The van der Waals surface area contributed by atoms with E-state index in [9.17, 15) is 9.90 Å². The van der Waals surface area contributed by atoms with Crippen LogP contribution in [0.25, 0.3) is 0 Å². The van der Waals surface area contributed by atoms with Crippen molar-refractivity contribution in [2.45, 2.75) is 44.4 Å². The molecular formula is C14H19NO4. The van der Waals surface area contributed by atoms with Gasteiger partial charge in [-0.15, -0.1) is 0 Å². The van der Waals surface area contributed by atoms with E-state index < -0.39 is 12.2 Å². The number of rotatable bonds is 4. The third kappa shape index (κ3) is 3.61. The number of phenolic OH excluding ortho intramolecular Hbond substituents is 1. The number of carbonyl (C=O) groups excluding carboxylic acids is 1. The van der Waals surface area contributed by atoms with Gasteiger partial charge in [-0.25, -0.2) is 0 Å². The number of ether oxygens (including phenoxy) is 1. The van der Waals surface area contributed by atoms with Crippen molar-refractivity contribution in [3.8, 4) is 11.5 Å². The zero-order chi connectivity index (χ0) is 13.8. The first kappa shape index (κ1) is 13.7. The van der Waals surface area contributed by atoms with Crippen molar-refractivity contribution in [3.05, 3.63) is 24.3 Å². The van der Waals surface area contributed by atoms with Crippen molar-refractivity contribution in [3.63, 3.8) is 0 Å². The summed E-state index contributed by atoms with van der Waals surface area (Å²) < 4.78 is 5.47. The summed E-state index contributed by atoms with van der Waals surface area (Å²) in [5, 5.41) is 21.6. The number of nitrogens with one attached hydrogen (secondary N) is 1. The van der Waals surface area contributed by atoms with E-state index in [1.807, 2.05) is 0 Å². The molecule has 1 aliphatic rings. The van der Waals surface area contributed by atoms with Gasteiger partial charge < -0.3 is 20.3 Å². The maximum Gasteiger partial charge on any atom is 0.261 e. The zero-order valence-corrected chi connectivity index (χ0v) is 10.9. The molecule has 104 valence electrons. The van der Waals surface area contributed by atoms with Gasteiger partial charge >= 0.3 is 0 Å². The summed E-state index contributed by atoms with van der Waals surface area (Å²) in [4.78, 5) is 11.9. The summed E-state index contributed by atoms with van der Waals surface area (Å²) in [6, 6.07) is 6.03. The van der Waals surface area contributed by atoms with Crippen LogP contribution in [-0.4, -0.2) is 34.4 Å². The Morgan fingerprint density at radius 1 is 1.37 bits per heavy atom. The summed E-state index contributed by atoms with van der Waals surface area (Å²) in [5.41, 5.74) is 0. The van der Waals surface area contributed by atoms with Gasteiger partial charge in [0.1, 0.15) is 11.5 Å². The van der Waals surface area contributed by atoms with Crippen LogP contribution in [0.2, 0.25) is 0 Å². The van der Waals surface area contributed by atoms with Crippen molar-refractivity contribution < 1.29 is 19.7 Å². The molecule has 1 aromatic carbocycles. The molecule has 0 aromatic heterocycles. The topological polar surface area (TPSA) is 78.8 Å². The van der Waals surface area contributed by atoms with Gasteiger partial charge in [-0.05, 0) is 50.5 Å². The van der Waals surface area contributed by atoms with Crippen LogP contribution < -0.4 is 10.1 Å². The average Bonchev–Trinajstić information content (AvgIpc) is 2.78. The van der Waals surface area contributed by atoms with Crippen LogP contribution in [0, 0.1) is 0 Å². The van der Waals surface area contributed by atoms with Crippen molar-refractivity contribution >= 4 is 5.91 Å². The molecule has 0 saturated heterocycles. The van der Waals surface area contributed by atoms with Gasteiger partial charge in [-0.3, -0.25) is 4.79 Å². The maximum atomic E-state index is 11.9. The van der Waals surface area contributed by atoms with E-state index in [0.29, 0.717) is 5.75 Å². The van der Waals surface area contributed by atoms with Crippen LogP contribution in [0.5, 0.6) is 11.5 Å². The highest BCUT2D eigenvalue weighted by Crippen LogP contribution is 2.20. The zero-order valence-electron chi connectivity index (χ0n) is 10.9. The van der Waals surface area contributed by atoms with Crippen LogP contribution >= 0.6 is 0 Å². The van der Waals surface area contributed by atoms with Crippen molar-refractivity contribution in [2.75, 3.05) is 0 Å². The first-order valence-electron chi connectivity index (χ1n) is 6.50. The first-order valence-corrected chi connectivity index (χ1v) is 6.50. The normalized spacial score (nSPS) is 23.9. The lowest BCUT2D eigenvalue weighted by Gasteiger charge is -2.20. The molecule has 0 heterocycles. The summed E-state index contributed by atoms with van der Waals surface area (Å²) in [6.07, 6.45) is 1.37. The van der Waals surface area contributed by atoms with E-state index in [1.165, 1.54) is 12.1 Å². The number of hydrogen-bond acceptors (Lipinski definition) is 4. The van der Waals surface area contributed by atoms with E-state index in [0.717, 1.165) is 19.3 Å². The molecule has 1 aliphatic carbocycles. The third-order valence-electron chi connectivity index (χ3n) is 3.33. The van der Waals surface area contributed by atoms with Gasteiger partial charge in [0.05, 0.1) is 12.1 Å². The fraction of sp³-hybridized carbons (Fsp3) is 0.500. The molecular weight excluding hydrogens is 246 g/mol. The molecule has 5 heteroatoms. The fourth-order valence-corrected chi connectivity index (χ4v) is 2.19. The third-order valence-corrected chi connectivity index (χ3v) is 3.33. The number of benzene rings is 1.